The molecule has 3 heteroatoms. The molecule has 0 saturated heterocycles. The standard InChI is InChI=1S/C24H38O2Si/c1-7-11-22-20(15-17-23(22)25)14-16-21(18-19-12-9-8-10-13-19)26-27(5,6)24(2,3)4/h7-10,12-13,15,21-23,25H,1,11,14,16-18H2,2-6H3/t21?,22-,23+/m1/s1. The van der Waals surface area contributed by atoms with Gasteiger partial charge in [-0.1, -0.05) is 68.8 Å². The lowest BCUT2D eigenvalue weighted by Gasteiger charge is -2.39. The average Bonchev–Trinajstić information content (AvgIpc) is 2.93. The summed E-state index contributed by atoms with van der Waals surface area (Å²) in [4.78, 5) is 0. The molecule has 0 fully saturated rings. The highest BCUT2D eigenvalue weighted by Crippen LogP contribution is 2.39. The summed E-state index contributed by atoms with van der Waals surface area (Å²) in [6, 6.07) is 10.7. The molecule has 150 valence electrons. The molecule has 0 radical (unpaired) electrons. The largest absolute Gasteiger partial charge is 0.414 e. The molecular formula is C24H38O2Si. The fourth-order valence-corrected chi connectivity index (χ4v) is 5.00. The maximum Gasteiger partial charge on any atom is 0.192 e. The lowest BCUT2D eigenvalue weighted by Crippen LogP contribution is -2.44. The molecule has 0 amide bonds. The molecule has 0 spiro atoms. The van der Waals surface area contributed by atoms with Gasteiger partial charge in [-0.25, -0.2) is 0 Å². The minimum atomic E-state index is -1.83. The Labute approximate surface area is 167 Å². The first-order valence-corrected chi connectivity index (χ1v) is 13.2. The third-order valence-electron chi connectivity index (χ3n) is 6.31. The Kier molecular flexibility index (Phi) is 7.67. The zero-order valence-corrected chi connectivity index (χ0v) is 18.9. The van der Waals surface area contributed by atoms with Crippen molar-refractivity contribution in [1.29, 1.82) is 0 Å². The van der Waals surface area contributed by atoms with Crippen molar-refractivity contribution >= 4 is 8.32 Å². The number of aliphatic hydroxyl groups excluding tert-OH is 1. The molecular weight excluding hydrogens is 348 g/mol. The molecule has 2 rings (SSSR count). The van der Waals surface area contributed by atoms with Crippen LogP contribution in [0.4, 0.5) is 0 Å². The van der Waals surface area contributed by atoms with Crippen molar-refractivity contribution in [2.45, 2.75) is 83.2 Å². The molecule has 0 aromatic heterocycles. The van der Waals surface area contributed by atoms with Gasteiger partial charge < -0.3 is 9.53 Å². The van der Waals surface area contributed by atoms with Gasteiger partial charge in [0.05, 0.1) is 6.10 Å². The Morgan fingerprint density at radius 2 is 1.93 bits per heavy atom. The second-order valence-electron chi connectivity index (χ2n) is 9.44. The lowest BCUT2D eigenvalue weighted by molar-refractivity contribution is 0.136. The normalized spacial score (nSPS) is 21.8. The number of benzene rings is 1. The topological polar surface area (TPSA) is 29.5 Å². The first kappa shape index (κ1) is 22.1. The summed E-state index contributed by atoms with van der Waals surface area (Å²) in [6.07, 6.45) is 8.75. The van der Waals surface area contributed by atoms with Gasteiger partial charge in [-0.05, 0) is 55.8 Å². The molecule has 3 atom stereocenters. The van der Waals surface area contributed by atoms with E-state index in [1.54, 1.807) is 0 Å². The fourth-order valence-electron chi connectivity index (χ4n) is 3.61. The van der Waals surface area contributed by atoms with Crippen molar-refractivity contribution in [2.75, 3.05) is 0 Å². The van der Waals surface area contributed by atoms with E-state index in [2.05, 4.69) is 76.9 Å². The van der Waals surface area contributed by atoms with Crippen LogP contribution in [0.5, 0.6) is 0 Å². The molecule has 1 aliphatic carbocycles. The van der Waals surface area contributed by atoms with E-state index in [-0.39, 0.29) is 23.2 Å². The molecule has 0 bridgehead atoms. The van der Waals surface area contributed by atoms with Crippen LogP contribution in [0.1, 0.15) is 52.0 Å². The van der Waals surface area contributed by atoms with Gasteiger partial charge in [0.25, 0.3) is 0 Å². The van der Waals surface area contributed by atoms with Crippen molar-refractivity contribution in [3.8, 4) is 0 Å². The first-order chi connectivity index (χ1) is 12.6. The Morgan fingerprint density at radius 3 is 2.52 bits per heavy atom. The molecule has 0 aliphatic heterocycles. The quantitative estimate of drug-likeness (QED) is 0.399. The maximum absolute atomic E-state index is 10.3. The summed E-state index contributed by atoms with van der Waals surface area (Å²) < 4.78 is 6.82. The van der Waals surface area contributed by atoms with Crippen molar-refractivity contribution < 1.29 is 9.53 Å². The third-order valence-corrected chi connectivity index (χ3v) is 10.8. The van der Waals surface area contributed by atoms with Crippen LogP contribution in [-0.4, -0.2) is 25.6 Å². The molecule has 1 aromatic carbocycles. The van der Waals surface area contributed by atoms with Crippen molar-refractivity contribution in [3.63, 3.8) is 0 Å². The van der Waals surface area contributed by atoms with E-state index in [4.69, 9.17) is 4.43 Å². The highest BCUT2D eigenvalue weighted by molar-refractivity contribution is 6.74. The molecule has 1 aliphatic rings. The summed E-state index contributed by atoms with van der Waals surface area (Å²) in [5.41, 5.74) is 2.73. The number of rotatable bonds is 9. The zero-order valence-electron chi connectivity index (χ0n) is 17.9. The van der Waals surface area contributed by atoms with Crippen LogP contribution in [0.15, 0.2) is 54.6 Å². The summed E-state index contributed by atoms with van der Waals surface area (Å²) in [7, 11) is -1.83. The van der Waals surface area contributed by atoms with Crippen molar-refractivity contribution in [1.82, 2.24) is 0 Å². The van der Waals surface area contributed by atoms with E-state index < -0.39 is 8.32 Å². The Bertz CT molecular complexity index is 628. The van der Waals surface area contributed by atoms with Gasteiger partial charge in [-0.15, -0.1) is 6.58 Å². The van der Waals surface area contributed by atoms with E-state index in [1.165, 1.54) is 11.1 Å². The second-order valence-corrected chi connectivity index (χ2v) is 14.2. The molecule has 1 unspecified atom stereocenters. The highest BCUT2D eigenvalue weighted by atomic mass is 28.4. The molecule has 1 N–H and O–H groups in total. The Morgan fingerprint density at radius 1 is 1.26 bits per heavy atom. The maximum atomic E-state index is 10.3. The average molecular weight is 387 g/mol. The van der Waals surface area contributed by atoms with E-state index in [0.29, 0.717) is 0 Å². The predicted molar refractivity (Wildman–Crippen MR) is 118 cm³/mol. The number of allylic oxidation sites excluding steroid dienone is 1. The lowest BCUT2D eigenvalue weighted by atomic mass is 9.91. The SMILES string of the molecule is C=CC[C@@H]1C(CCC(Cc2ccccc2)O[Si](C)(C)C(C)(C)C)=CC[C@@H]1O. The van der Waals surface area contributed by atoms with E-state index in [9.17, 15) is 5.11 Å². The van der Waals surface area contributed by atoms with Gasteiger partial charge in [-0.3, -0.25) is 0 Å². The van der Waals surface area contributed by atoms with E-state index in [1.807, 2.05) is 6.08 Å². The molecule has 2 nitrogen and oxygen atoms in total. The summed E-state index contributed by atoms with van der Waals surface area (Å²) >= 11 is 0. The van der Waals surface area contributed by atoms with Gasteiger partial charge in [0.1, 0.15) is 0 Å². The summed E-state index contributed by atoms with van der Waals surface area (Å²) in [5.74, 6) is 0.243. The second kappa shape index (κ2) is 9.36. The van der Waals surface area contributed by atoms with Gasteiger partial charge in [-0.2, -0.15) is 0 Å². The van der Waals surface area contributed by atoms with Gasteiger partial charge in [0, 0.05) is 12.0 Å². The van der Waals surface area contributed by atoms with Crippen molar-refractivity contribution in [3.05, 3.63) is 60.2 Å². The van der Waals surface area contributed by atoms with Crippen LogP contribution in [0.25, 0.3) is 0 Å². The van der Waals surface area contributed by atoms with Crippen LogP contribution in [0, 0.1) is 5.92 Å². The van der Waals surface area contributed by atoms with Crippen molar-refractivity contribution in [2.24, 2.45) is 5.92 Å². The minimum absolute atomic E-state index is 0.204. The third kappa shape index (κ3) is 6.17. The molecule has 0 saturated carbocycles. The number of hydrogen-bond donors (Lipinski definition) is 1. The number of aliphatic hydroxyl groups is 1. The van der Waals surface area contributed by atoms with Crippen LogP contribution in [0.2, 0.25) is 18.1 Å². The Balaban J connectivity index is 2.09. The van der Waals surface area contributed by atoms with Gasteiger partial charge in [0.15, 0.2) is 8.32 Å². The Hall–Kier alpha value is -1.16. The minimum Gasteiger partial charge on any atom is -0.414 e. The van der Waals surface area contributed by atoms with E-state index in [0.717, 1.165) is 32.1 Å². The molecule has 27 heavy (non-hydrogen) atoms. The van der Waals surface area contributed by atoms with Crippen LogP contribution < -0.4 is 0 Å². The molecule has 0 heterocycles. The van der Waals surface area contributed by atoms with Gasteiger partial charge >= 0.3 is 0 Å². The van der Waals surface area contributed by atoms with Crippen LogP contribution in [0.3, 0.4) is 0 Å². The molecule has 1 aromatic rings. The first-order valence-electron chi connectivity index (χ1n) is 10.3. The fraction of sp³-hybridized carbons (Fsp3) is 0.583. The van der Waals surface area contributed by atoms with Gasteiger partial charge in [0.2, 0.25) is 0 Å². The number of hydrogen-bond acceptors (Lipinski definition) is 2. The monoisotopic (exact) mass is 386 g/mol. The highest BCUT2D eigenvalue weighted by Gasteiger charge is 2.39. The summed E-state index contributed by atoms with van der Waals surface area (Å²) in [5, 5.41) is 10.5. The predicted octanol–water partition coefficient (Wildman–Crippen LogP) is 6.28. The zero-order chi connectivity index (χ0) is 20.1. The van der Waals surface area contributed by atoms with Crippen LogP contribution >= 0.6 is 0 Å². The van der Waals surface area contributed by atoms with E-state index >= 15 is 0 Å². The summed E-state index contributed by atoms with van der Waals surface area (Å²) in [6.45, 7) is 15.4. The smallest absolute Gasteiger partial charge is 0.192 e. The van der Waals surface area contributed by atoms with Crippen LogP contribution in [-0.2, 0) is 10.8 Å².